The van der Waals surface area contributed by atoms with Crippen LogP contribution in [-0.2, 0) is 0 Å². The number of rotatable bonds is 4. The van der Waals surface area contributed by atoms with E-state index in [1.54, 1.807) is 12.1 Å². The highest BCUT2D eigenvalue weighted by Gasteiger charge is 2.11. The molecule has 104 valence electrons. The Morgan fingerprint density at radius 1 is 1.21 bits per heavy atom. The molecule has 0 amide bonds. The first-order valence-corrected chi connectivity index (χ1v) is 7.65. The molecule has 1 aromatic rings. The second-order valence-corrected chi connectivity index (χ2v) is 6.41. The van der Waals surface area contributed by atoms with E-state index in [0.29, 0.717) is 0 Å². The second-order valence-electron chi connectivity index (χ2n) is 5.15. The van der Waals surface area contributed by atoms with Gasteiger partial charge >= 0.3 is 0 Å². The van der Waals surface area contributed by atoms with Crippen molar-refractivity contribution in [2.24, 2.45) is 4.99 Å². The van der Waals surface area contributed by atoms with Crippen LogP contribution < -0.4 is 0 Å². The van der Waals surface area contributed by atoms with E-state index in [4.69, 9.17) is 0 Å². The molecule has 1 saturated heterocycles. The monoisotopic (exact) mass is 277 g/mol. The van der Waals surface area contributed by atoms with Gasteiger partial charge in [0.05, 0.1) is 5.69 Å². The van der Waals surface area contributed by atoms with Crippen molar-refractivity contribution in [1.82, 2.24) is 8.61 Å². The molecule has 0 atom stereocenters. The fraction of sp³-hybridized carbons (Fsp3) is 0.533. The zero-order valence-electron chi connectivity index (χ0n) is 12.1. The lowest BCUT2D eigenvalue weighted by molar-refractivity contribution is 0.374. The summed E-state index contributed by atoms with van der Waals surface area (Å²) in [6.45, 7) is 6.59. The molecule has 2 rings (SSSR count). The fourth-order valence-corrected chi connectivity index (χ4v) is 3.12. The largest absolute Gasteiger partial charge is 0.297 e. The molecule has 1 aromatic carbocycles. The molecule has 1 fully saturated rings. The van der Waals surface area contributed by atoms with Gasteiger partial charge < -0.3 is 0 Å². The van der Waals surface area contributed by atoms with Gasteiger partial charge in [-0.15, -0.1) is 0 Å². The van der Waals surface area contributed by atoms with E-state index in [1.807, 2.05) is 6.34 Å². The maximum atomic E-state index is 4.57. The van der Waals surface area contributed by atoms with Crippen LogP contribution in [0.1, 0.15) is 30.4 Å². The van der Waals surface area contributed by atoms with Gasteiger partial charge in [0.1, 0.15) is 6.34 Å². The summed E-state index contributed by atoms with van der Waals surface area (Å²) in [5.74, 6) is 0. The lowest BCUT2D eigenvalue weighted by Gasteiger charge is -2.27. The van der Waals surface area contributed by atoms with Gasteiger partial charge in [-0.25, -0.2) is 9.30 Å². The van der Waals surface area contributed by atoms with Crippen LogP contribution in [0, 0.1) is 13.8 Å². The smallest absolute Gasteiger partial charge is 0.102 e. The Morgan fingerprint density at radius 3 is 2.63 bits per heavy atom. The molecule has 0 aliphatic carbocycles. The summed E-state index contributed by atoms with van der Waals surface area (Å²) in [7, 11) is 2.06. The first-order chi connectivity index (χ1) is 9.15. The average Bonchev–Trinajstić information content (AvgIpc) is 2.39. The molecular weight excluding hydrogens is 254 g/mol. The molecule has 0 spiro atoms. The zero-order valence-corrected chi connectivity index (χ0v) is 12.9. The fourth-order valence-electron chi connectivity index (χ4n) is 2.24. The van der Waals surface area contributed by atoms with Crippen LogP contribution >= 0.6 is 12.1 Å². The van der Waals surface area contributed by atoms with Gasteiger partial charge in [0, 0.05) is 32.3 Å². The Balaban J connectivity index is 1.89. The highest BCUT2D eigenvalue weighted by molar-refractivity contribution is 7.95. The molecule has 19 heavy (non-hydrogen) atoms. The van der Waals surface area contributed by atoms with Gasteiger partial charge in [-0.05, 0) is 38.3 Å². The maximum absolute atomic E-state index is 4.57. The SMILES string of the molecule is Cc1ccc(N=CN(C)SN2CCCCC2)c(C)c1. The summed E-state index contributed by atoms with van der Waals surface area (Å²) >= 11 is 1.77. The molecule has 1 heterocycles. The van der Waals surface area contributed by atoms with Crippen LogP contribution in [0.3, 0.4) is 0 Å². The molecular formula is C15H23N3S. The molecule has 1 aliphatic rings. The third-order valence-electron chi connectivity index (χ3n) is 3.27. The molecule has 1 aliphatic heterocycles. The highest BCUT2D eigenvalue weighted by atomic mass is 32.2. The Kier molecular flexibility index (Phi) is 5.28. The average molecular weight is 277 g/mol. The van der Waals surface area contributed by atoms with Crippen molar-refractivity contribution in [1.29, 1.82) is 0 Å². The van der Waals surface area contributed by atoms with E-state index in [-0.39, 0.29) is 0 Å². The summed E-state index contributed by atoms with van der Waals surface area (Å²) in [6, 6.07) is 6.36. The minimum absolute atomic E-state index is 1.05. The summed E-state index contributed by atoms with van der Waals surface area (Å²) in [5.41, 5.74) is 3.57. The van der Waals surface area contributed by atoms with E-state index in [2.05, 4.69) is 52.7 Å². The van der Waals surface area contributed by atoms with E-state index in [1.165, 1.54) is 43.5 Å². The van der Waals surface area contributed by atoms with E-state index in [9.17, 15) is 0 Å². The quantitative estimate of drug-likeness (QED) is 0.472. The highest BCUT2D eigenvalue weighted by Crippen LogP contribution is 2.22. The van der Waals surface area contributed by atoms with Crippen molar-refractivity contribution in [2.75, 3.05) is 20.1 Å². The molecule has 4 heteroatoms. The van der Waals surface area contributed by atoms with Crippen LogP contribution in [-0.4, -0.2) is 35.1 Å². The molecule has 0 saturated carbocycles. The lowest BCUT2D eigenvalue weighted by Crippen LogP contribution is -2.27. The van der Waals surface area contributed by atoms with Crippen molar-refractivity contribution < 1.29 is 0 Å². The van der Waals surface area contributed by atoms with Gasteiger partial charge in [-0.3, -0.25) is 4.31 Å². The minimum Gasteiger partial charge on any atom is -0.297 e. The number of aryl methyl sites for hydroxylation is 2. The molecule has 0 aromatic heterocycles. The number of benzene rings is 1. The second kappa shape index (κ2) is 6.96. The Morgan fingerprint density at radius 2 is 1.95 bits per heavy atom. The number of piperidine rings is 1. The van der Waals surface area contributed by atoms with Gasteiger partial charge in [0.2, 0.25) is 0 Å². The van der Waals surface area contributed by atoms with Crippen molar-refractivity contribution in [2.45, 2.75) is 33.1 Å². The van der Waals surface area contributed by atoms with Gasteiger partial charge in [0.25, 0.3) is 0 Å². The Bertz CT molecular complexity index is 439. The summed E-state index contributed by atoms with van der Waals surface area (Å²) in [5, 5.41) is 0. The van der Waals surface area contributed by atoms with Crippen LogP contribution in [0.5, 0.6) is 0 Å². The van der Waals surface area contributed by atoms with Gasteiger partial charge in [-0.2, -0.15) is 0 Å². The predicted octanol–water partition coefficient (Wildman–Crippen LogP) is 3.94. The molecule has 0 unspecified atom stereocenters. The first-order valence-electron chi connectivity index (χ1n) is 6.92. The zero-order chi connectivity index (χ0) is 13.7. The van der Waals surface area contributed by atoms with Crippen molar-refractivity contribution >= 4 is 24.2 Å². The minimum atomic E-state index is 1.05. The topological polar surface area (TPSA) is 18.8 Å². The van der Waals surface area contributed by atoms with Crippen molar-refractivity contribution in [3.05, 3.63) is 29.3 Å². The summed E-state index contributed by atoms with van der Waals surface area (Å²) in [4.78, 5) is 4.57. The van der Waals surface area contributed by atoms with Crippen LogP contribution in [0.15, 0.2) is 23.2 Å². The van der Waals surface area contributed by atoms with Crippen molar-refractivity contribution in [3.63, 3.8) is 0 Å². The van der Waals surface area contributed by atoms with E-state index in [0.717, 1.165) is 5.69 Å². The number of hydrogen-bond donors (Lipinski definition) is 0. The van der Waals surface area contributed by atoms with Gasteiger partial charge in [0.15, 0.2) is 0 Å². The standard InChI is InChI=1S/C15H23N3S/c1-13-7-8-15(14(2)11-13)16-12-17(3)19-18-9-5-4-6-10-18/h7-8,11-12H,4-6,9-10H2,1-3H3. The molecule has 0 N–H and O–H groups in total. The van der Waals surface area contributed by atoms with Crippen LogP contribution in [0.4, 0.5) is 5.69 Å². The van der Waals surface area contributed by atoms with Gasteiger partial charge in [-0.1, -0.05) is 24.1 Å². The molecule has 0 radical (unpaired) electrons. The molecule has 0 bridgehead atoms. The number of hydrogen-bond acceptors (Lipinski definition) is 3. The normalized spacial score (nSPS) is 17.0. The third-order valence-corrected chi connectivity index (χ3v) is 4.22. The van der Waals surface area contributed by atoms with Crippen LogP contribution in [0.2, 0.25) is 0 Å². The van der Waals surface area contributed by atoms with E-state index < -0.39 is 0 Å². The predicted molar refractivity (Wildman–Crippen MR) is 84.8 cm³/mol. The Labute approximate surface area is 121 Å². The molecule has 3 nitrogen and oxygen atoms in total. The Hall–Kier alpha value is -1.00. The first kappa shape index (κ1) is 14.4. The van der Waals surface area contributed by atoms with Crippen LogP contribution in [0.25, 0.3) is 0 Å². The lowest BCUT2D eigenvalue weighted by atomic mass is 10.1. The number of nitrogens with zero attached hydrogens (tertiary/aromatic N) is 3. The van der Waals surface area contributed by atoms with E-state index >= 15 is 0 Å². The van der Waals surface area contributed by atoms with Crippen molar-refractivity contribution in [3.8, 4) is 0 Å². The summed E-state index contributed by atoms with van der Waals surface area (Å²) in [6.07, 6.45) is 5.92. The number of aliphatic imine (C=N–C) groups is 1. The maximum Gasteiger partial charge on any atom is 0.102 e. The third kappa shape index (κ3) is 4.55. The summed E-state index contributed by atoms with van der Waals surface area (Å²) < 4.78 is 4.50.